The second-order valence-electron chi connectivity index (χ2n) is 21.0. The van der Waals surface area contributed by atoms with Gasteiger partial charge in [0.05, 0.1) is 0 Å². The Morgan fingerprint density at radius 3 is 0.800 bits per heavy atom. The number of esters is 3. The van der Waals surface area contributed by atoms with E-state index in [-0.39, 0.29) is 31.1 Å². The van der Waals surface area contributed by atoms with Gasteiger partial charge < -0.3 is 14.2 Å². The lowest BCUT2D eigenvalue weighted by Crippen LogP contribution is -2.30. The van der Waals surface area contributed by atoms with E-state index < -0.39 is 6.10 Å². The Bertz CT molecular complexity index is 1170. The highest BCUT2D eigenvalue weighted by Crippen LogP contribution is 2.17. The van der Waals surface area contributed by atoms with Gasteiger partial charge in [0, 0.05) is 19.3 Å². The molecule has 0 aromatic carbocycles. The van der Waals surface area contributed by atoms with Crippen molar-refractivity contribution in [3.8, 4) is 0 Å². The molecule has 0 aromatic rings. The first-order chi connectivity index (χ1) is 34.5. The van der Waals surface area contributed by atoms with Gasteiger partial charge in [-0.25, -0.2) is 0 Å². The van der Waals surface area contributed by atoms with Crippen molar-refractivity contribution in [2.75, 3.05) is 13.2 Å². The molecule has 0 spiro atoms. The molecule has 0 saturated carbocycles. The van der Waals surface area contributed by atoms with Gasteiger partial charge in [0.2, 0.25) is 0 Å². The normalized spacial score (nSPS) is 12.2. The summed E-state index contributed by atoms with van der Waals surface area (Å²) in [6.07, 6.45) is 71.8. The van der Waals surface area contributed by atoms with Crippen LogP contribution in [0.3, 0.4) is 0 Å². The molecule has 6 heteroatoms. The van der Waals surface area contributed by atoms with Gasteiger partial charge in [0.25, 0.3) is 0 Å². The van der Waals surface area contributed by atoms with E-state index in [0.29, 0.717) is 19.3 Å². The highest BCUT2D eigenvalue weighted by atomic mass is 16.6. The first-order valence-electron chi connectivity index (χ1n) is 31.0. The summed E-state index contributed by atoms with van der Waals surface area (Å²) in [5.41, 5.74) is 0. The van der Waals surface area contributed by atoms with Gasteiger partial charge in [0.1, 0.15) is 13.2 Å². The first-order valence-corrected chi connectivity index (χ1v) is 31.0. The van der Waals surface area contributed by atoms with Crippen molar-refractivity contribution in [2.45, 2.75) is 341 Å². The Kier molecular flexibility index (Phi) is 57.2. The summed E-state index contributed by atoms with van der Waals surface area (Å²) in [6, 6.07) is 0. The van der Waals surface area contributed by atoms with Crippen LogP contribution in [0.5, 0.6) is 0 Å². The van der Waals surface area contributed by atoms with Crippen LogP contribution in [0.25, 0.3) is 0 Å². The van der Waals surface area contributed by atoms with E-state index in [9.17, 15) is 14.4 Å². The first kappa shape index (κ1) is 67.6. The van der Waals surface area contributed by atoms with Crippen molar-refractivity contribution >= 4 is 17.9 Å². The molecule has 1 unspecified atom stereocenters. The molecule has 1 atom stereocenters. The van der Waals surface area contributed by atoms with E-state index in [1.807, 2.05) is 0 Å². The van der Waals surface area contributed by atoms with Crippen molar-refractivity contribution in [1.82, 2.24) is 0 Å². The van der Waals surface area contributed by atoms with E-state index in [1.54, 1.807) is 0 Å². The minimum Gasteiger partial charge on any atom is -0.462 e. The number of unbranched alkanes of at least 4 members (excludes halogenated alkanes) is 40. The monoisotopic (exact) mass is 983 g/mol. The van der Waals surface area contributed by atoms with E-state index in [1.165, 1.54) is 225 Å². The number of hydrogen-bond acceptors (Lipinski definition) is 6. The Balaban J connectivity index is 3.99. The molecule has 0 aliphatic carbocycles. The van der Waals surface area contributed by atoms with Crippen LogP contribution in [0, 0.1) is 0 Å². The van der Waals surface area contributed by atoms with Crippen LogP contribution in [-0.4, -0.2) is 37.2 Å². The molecule has 0 N–H and O–H groups in total. The highest BCUT2D eigenvalue weighted by Gasteiger charge is 2.19. The van der Waals surface area contributed by atoms with Gasteiger partial charge in [0.15, 0.2) is 6.10 Å². The Labute approximate surface area is 435 Å². The maximum Gasteiger partial charge on any atom is 0.306 e. The quantitative estimate of drug-likeness (QED) is 0.0261. The summed E-state index contributed by atoms with van der Waals surface area (Å²) in [4.78, 5) is 37.9. The molecule has 0 rings (SSSR count). The second kappa shape index (κ2) is 59.2. The summed E-state index contributed by atoms with van der Waals surface area (Å²) in [5.74, 6) is -0.854. The molecule has 0 radical (unpaired) electrons. The van der Waals surface area contributed by atoms with E-state index >= 15 is 0 Å². The van der Waals surface area contributed by atoms with E-state index in [2.05, 4.69) is 57.2 Å². The summed E-state index contributed by atoms with van der Waals surface area (Å²) in [6.45, 7) is 6.63. The zero-order valence-corrected chi connectivity index (χ0v) is 47.1. The number of carbonyl (C=O) groups is 3. The molecule has 6 nitrogen and oxygen atoms in total. The minimum atomic E-state index is -0.764. The van der Waals surface area contributed by atoms with Gasteiger partial charge in [-0.05, 0) is 57.8 Å². The maximum absolute atomic E-state index is 12.8. The smallest absolute Gasteiger partial charge is 0.306 e. The Hall–Kier alpha value is -2.37. The van der Waals surface area contributed by atoms with Crippen LogP contribution in [0.2, 0.25) is 0 Å². The predicted octanol–water partition coefficient (Wildman–Crippen LogP) is 20.8. The van der Waals surface area contributed by atoms with Crippen LogP contribution in [0.1, 0.15) is 335 Å². The van der Waals surface area contributed by atoms with Gasteiger partial charge in [-0.1, -0.05) is 295 Å². The molecular weight excluding hydrogens is 865 g/mol. The van der Waals surface area contributed by atoms with Crippen LogP contribution in [-0.2, 0) is 28.6 Å². The third kappa shape index (κ3) is 56.5. The summed E-state index contributed by atoms with van der Waals surface area (Å²) in [7, 11) is 0. The lowest BCUT2D eigenvalue weighted by Gasteiger charge is -2.18. The highest BCUT2D eigenvalue weighted by molar-refractivity contribution is 5.71. The fourth-order valence-corrected chi connectivity index (χ4v) is 9.22. The van der Waals surface area contributed by atoms with Gasteiger partial charge in [-0.3, -0.25) is 14.4 Å². The summed E-state index contributed by atoms with van der Waals surface area (Å²) < 4.78 is 16.8. The molecule has 0 amide bonds. The number of hydrogen-bond donors (Lipinski definition) is 0. The van der Waals surface area contributed by atoms with Crippen molar-refractivity contribution < 1.29 is 28.6 Å². The zero-order chi connectivity index (χ0) is 50.7. The van der Waals surface area contributed by atoms with Crippen molar-refractivity contribution in [2.24, 2.45) is 0 Å². The fourth-order valence-electron chi connectivity index (χ4n) is 9.22. The Morgan fingerprint density at radius 1 is 0.286 bits per heavy atom. The average molecular weight is 984 g/mol. The van der Waals surface area contributed by atoms with Crippen LogP contribution >= 0.6 is 0 Å². The summed E-state index contributed by atoms with van der Waals surface area (Å²) >= 11 is 0. The molecular formula is C64H118O6. The van der Waals surface area contributed by atoms with Gasteiger partial charge >= 0.3 is 17.9 Å². The third-order valence-corrected chi connectivity index (χ3v) is 13.9. The van der Waals surface area contributed by atoms with Crippen molar-refractivity contribution in [3.05, 3.63) is 36.5 Å². The molecule has 0 saturated heterocycles. The lowest BCUT2D eigenvalue weighted by atomic mass is 10.0. The summed E-state index contributed by atoms with van der Waals surface area (Å²) in [5, 5.41) is 0. The molecule has 0 bridgehead atoms. The van der Waals surface area contributed by atoms with Crippen molar-refractivity contribution in [3.63, 3.8) is 0 Å². The Morgan fingerprint density at radius 2 is 0.514 bits per heavy atom. The molecule has 0 heterocycles. The van der Waals surface area contributed by atoms with E-state index in [4.69, 9.17) is 14.2 Å². The predicted molar refractivity (Wildman–Crippen MR) is 302 cm³/mol. The van der Waals surface area contributed by atoms with Crippen LogP contribution in [0.4, 0.5) is 0 Å². The largest absolute Gasteiger partial charge is 0.462 e. The number of carbonyl (C=O) groups excluding carboxylic acids is 3. The number of allylic oxidation sites excluding steroid dienone is 6. The standard InChI is InChI=1S/C64H118O6/c1-4-7-10-13-16-18-20-22-24-25-26-27-28-29-30-31-32-33-34-35-36-37-38-39-40-42-43-45-48-51-54-57-63(66)69-60-61(59-68-62(65)56-53-50-47-15-12-9-6-3)70-64(67)58-55-52-49-46-44-41-23-21-19-17-14-11-8-5-2/h20,22,25-26,28-29,61H,4-19,21,23-24,27,30-60H2,1-3H3/b22-20-,26-25-,29-28-. The molecule has 410 valence electrons. The molecule has 0 aliphatic rings. The molecule has 0 aliphatic heterocycles. The minimum absolute atomic E-state index is 0.0666. The average Bonchev–Trinajstić information content (AvgIpc) is 3.36. The van der Waals surface area contributed by atoms with Crippen LogP contribution < -0.4 is 0 Å². The zero-order valence-electron chi connectivity index (χ0n) is 47.1. The van der Waals surface area contributed by atoms with Crippen molar-refractivity contribution in [1.29, 1.82) is 0 Å². The molecule has 0 aromatic heterocycles. The maximum atomic E-state index is 12.8. The van der Waals surface area contributed by atoms with E-state index in [0.717, 1.165) is 70.6 Å². The molecule has 70 heavy (non-hydrogen) atoms. The lowest BCUT2D eigenvalue weighted by molar-refractivity contribution is -0.167. The topological polar surface area (TPSA) is 78.9 Å². The SMILES string of the molecule is CCCCCCC/C=C\C/C=C\C/C=C\CCCCCCCCCCCCCCCCCCC(=O)OCC(COC(=O)CCCCCCCCC)OC(=O)CCCCCCCCCCCCCCCC. The van der Waals surface area contributed by atoms with Gasteiger partial charge in [-0.2, -0.15) is 0 Å². The van der Waals surface area contributed by atoms with Crippen LogP contribution in [0.15, 0.2) is 36.5 Å². The molecule has 0 fully saturated rings. The fraction of sp³-hybridized carbons (Fsp3) is 0.859. The number of rotatable bonds is 57. The van der Waals surface area contributed by atoms with Gasteiger partial charge in [-0.15, -0.1) is 0 Å². The third-order valence-electron chi connectivity index (χ3n) is 13.9. The number of ether oxygens (including phenoxy) is 3. The second-order valence-corrected chi connectivity index (χ2v) is 21.0.